The predicted molar refractivity (Wildman–Crippen MR) is 181 cm³/mol. The van der Waals surface area contributed by atoms with E-state index in [1.807, 2.05) is 43.9 Å². The maximum atomic E-state index is 12.2. The van der Waals surface area contributed by atoms with Crippen molar-refractivity contribution in [1.82, 2.24) is 19.7 Å². The normalized spacial score (nSPS) is 16.4. The average Bonchev–Trinajstić information content (AvgIpc) is 3.76. The summed E-state index contributed by atoms with van der Waals surface area (Å²) in [5, 5.41) is 14.0. The fourth-order valence-corrected chi connectivity index (χ4v) is 7.12. The number of phenolic OH excluding ortho intramolecular Hbond substituents is 1. The highest BCUT2D eigenvalue weighted by Gasteiger charge is 2.25. The molecule has 0 bridgehead atoms. The Bertz CT molecular complexity index is 1610. The Morgan fingerprint density at radius 3 is 2.50 bits per heavy atom. The first-order valence-corrected chi connectivity index (χ1v) is 17.1. The molecule has 6 rings (SSSR count). The van der Waals surface area contributed by atoms with E-state index in [1.165, 1.54) is 40.7 Å². The number of aromatic nitrogens is 3. The van der Waals surface area contributed by atoms with Gasteiger partial charge in [-0.15, -0.1) is 0 Å². The minimum Gasteiger partial charge on any atom is -0.508 e. The van der Waals surface area contributed by atoms with Crippen LogP contribution in [0.3, 0.4) is 0 Å². The highest BCUT2D eigenvalue weighted by molar-refractivity contribution is 5.90. The molecule has 2 aromatic heterocycles. The first-order valence-electron chi connectivity index (χ1n) is 17.1. The number of aromatic hydroxyl groups is 1. The largest absolute Gasteiger partial charge is 0.508 e. The number of carbonyl (C=O) groups is 2. The standard InChI is InChI=1S/C22H25N3O2.C16H23NO2/c1-3-20-18(22(26)27-4-2)14-23-25(20)21-13-7-12-19(24-21)17-11-6-9-15-8-5-10-16(15)17;1-3-12-11-14(18)5-6-15(12)13-7-9-17(10-8-13)16(19)4-2/h7,9,12-14H,3-6,8,10-11H2,1-2H3;5-6,11,13,18H,3-4,7-10H2,1-2H3. The zero-order chi connectivity index (χ0) is 32.6. The Kier molecular flexibility index (Phi) is 11.1. The number of piperidine rings is 1. The van der Waals surface area contributed by atoms with Crippen molar-refractivity contribution >= 4 is 17.4 Å². The van der Waals surface area contributed by atoms with Crippen LogP contribution in [-0.4, -0.2) is 56.3 Å². The molecule has 46 heavy (non-hydrogen) atoms. The van der Waals surface area contributed by atoms with E-state index in [9.17, 15) is 14.7 Å². The third-order valence-corrected chi connectivity index (χ3v) is 9.47. The Balaban J connectivity index is 0.000000193. The van der Waals surface area contributed by atoms with E-state index in [-0.39, 0.29) is 11.9 Å². The minimum atomic E-state index is -0.324. The molecule has 0 atom stereocenters. The molecule has 0 spiro atoms. The number of amides is 1. The summed E-state index contributed by atoms with van der Waals surface area (Å²) in [5.41, 5.74) is 9.36. The highest BCUT2D eigenvalue weighted by atomic mass is 16.5. The molecule has 1 saturated heterocycles. The van der Waals surface area contributed by atoms with Gasteiger partial charge in [0.2, 0.25) is 5.91 Å². The van der Waals surface area contributed by atoms with Crippen molar-refractivity contribution < 1.29 is 19.4 Å². The Morgan fingerprint density at radius 1 is 0.978 bits per heavy atom. The molecule has 8 nitrogen and oxygen atoms in total. The van der Waals surface area contributed by atoms with Crippen molar-refractivity contribution in [3.8, 4) is 11.6 Å². The van der Waals surface area contributed by atoms with E-state index in [0.717, 1.165) is 68.8 Å². The summed E-state index contributed by atoms with van der Waals surface area (Å²) in [6, 6.07) is 11.8. The number of likely N-dealkylation sites (tertiary alicyclic amines) is 1. The zero-order valence-corrected chi connectivity index (χ0v) is 27.8. The molecule has 8 heteroatoms. The van der Waals surface area contributed by atoms with Crippen molar-refractivity contribution in [2.45, 2.75) is 97.8 Å². The van der Waals surface area contributed by atoms with Gasteiger partial charge in [-0.05, 0) is 123 Å². The lowest BCUT2D eigenvalue weighted by Crippen LogP contribution is -2.37. The van der Waals surface area contributed by atoms with E-state index in [4.69, 9.17) is 9.72 Å². The first-order chi connectivity index (χ1) is 22.4. The SMILES string of the molecule is CCC(=O)N1CCC(c2ccc(O)cc2CC)CC1.CCOC(=O)c1cnn(-c2cccc(C3=C4CCCC4=CCC3)n2)c1CC. The molecule has 3 aromatic rings. The van der Waals surface area contributed by atoms with E-state index in [2.05, 4.69) is 30.2 Å². The fourth-order valence-electron chi connectivity index (χ4n) is 7.12. The molecular weight excluding hydrogens is 576 g/mol. The van der Waals surface area contributed by atoms with Crippen LogP contribution in [0.25, 0.3) is 11.4 Å². The van der Waals surface area contributed by atoms with Gasteiger partial charge in [0, 0.05) is 19.5 Å². The van der Waals surface area contributed by atoms with Crippen LogP contribution in [0.1, 0.15) is 118 Å². The van der Waals surface area contributed by atoms with Gasteiger partial charge in [0.15, 0.2) is 5.82 Å². The van der Waals surface area contributed by atoms with Crippen LogP contribution in [-0.2, 0) is 22.4 Å². The van der Waals surface area contributed by atoms with Gasteiger partial charge >= 0.3 is 5.97 Å². The lowest BCUT2D eigenvalue weighted by Gasteiger charge is -2.33. The molecule has 3 aliphatic rings. The number of fused-ring (bicyclic) bond motifs is 1. The van der Waals surface area contributed by atoms with Crippen LogP contribution >= 0.6 is 0 Å². The van der Waals surface area contributed by atoms with E-state index in [0.29, 0.717) is 36.7 Å². The molecular formula is C38H48N4O4. The number of phenols is 1. The number of rotatable bonds is 8. The van der Waals surface area contributed by atoms with Gasteiger partial charge in [-0.1, -0.05) is 39.0 Å². The second kappa shape index (κ2) is 15.4. The summed E-state index contributed by atoms with van der Waals surface area (Å²) in [5.74, 6) is 1.56. The van der Waals surface area contributed by atoms with Gasteiger partial charge in [0.25, 0.3) is 0 Å². The number of pyridine rings is 1. The van der Waals surface area contributed by atoms with Gasteiger partial charge in [-0.25, -0.2) is 14.5 Å². The van der Waals surface area contributed by atoms with Crippen molar-refractivity contribution in [3.05, 3.63) is 87.9 Å². The van der Waals surface area contributed by atoms with Gasteiger partial charge < -0.3 is 14.7 Å². The molecule has 2 aliphatic carbocycles. The smallest absolute Gasteiger partial charge is 0.341 e. The molecule has 1 N–H and O–H groups in total. The monoisotopic (exact) mass is 624 g/mol. The first kappa shape index (κ1) is 33.2. The molecule has 1 aromatic carbocycles. The molecule has 0 unspecified atom stereocenters. The van der Waals surface area contributed by atoms with Crippen LogP contribution in [0.4, 0.5) is 0 Å². The predicted octanol–water partition coefficient (Wildman–Crippen LogP) is 7.73. The van der Waals surface area contributed by atoms with Crippen molar-refractivity contribution in [1.29, 1.82) is 0 Å². The summed E-state index contributed by atoms with van der Waals surface area (Å²) in [6.07, 6.45) is 14.0. The maximum Gasteiger partial charge on any atom is 0.341 e. The summed E-state index contributed by atoms with van der Waals surface area (Å²) in [4.78, 5) is 30.8. The van der Waals surface area contributed by atoms with Crippen LogP contribution in [0.2, 0.25) is 0 Å². The number of benzene rings is 1. The Morgan fingerprint density at radius 2 is 1.78 bits per heavy atom. The number of aryl methyl sites for hydroxylation is 1. The fraction of sp³-hybridized carbons (Fsp3) is 0.474. The number of esters is 1. The van der Waals surface area contributed by atoms with Gasteiger partial charge in [-0.3, -0.25) is 4.79 Å². The number of carbonyl (C=O) groups excluding carboxylic acids is 2. The molecule has 2 fully saturated rings. The number of hydrogen-bond acceptors (Lipinski definition) is 6. The zero-order valence-electron chi connectivity index (χ0n) is 27.8. The summed E-state index contributed by atoms with van der Waals surface area (Å²) in [6.45, 7) is 9.94. The van der Waals surface area contributed by atoms with E-state index < -0.39 is 0 Å². The third kappa shape index (κ3) is 7.27. The van der Waals surface area contributed by atoms with E-state index >= 15 is 0 Å². The Hall–Kier alpha value is -4.20. The quantitative estimate of drug-likeness (QED) is 0.258. The van der Waals surface area contributed by atoms with Gasteiger partial charge in [0.1, 0.15) is 11.3 Å². The van der Waals surface area contributed by atoms with Gasteiger partial charge in [0.05, 0.1) is 24.2 Å². The second-order valence-corrected chi connectivity index (χ2v) is 12.2. The lowest BCUT2D eigenvalue weighted by molar-refractivity contribution is -0.131. The van der Waals surface area contributed by atoms with Crippen LogP contribution < -0.4 is 0 Å². The summed E-state index contributed by atoms with van der Waals surface area (Å²) in [7, 11) is 0. The Labute approximate surface area is 273 Å². The maximum absolute atomic E-state index is 12.2. The minimum absolute atomic E-state index is 0.264. The number of nitrogens with zero attached hydrogens (tertiary/aromatic N) is 4. The third-order valence-electron chi connectivity index (χ3n) is 9.47. The van der Waals surface area contributed by atoms with Crippen molar-refractivity contribution in [3.63, 3.8) is 0 Å². The molecule has 0 radical (unpaired) electrons. The summed E-state index contributed by atoms with van der Waals surface area (Å²) < 4.78 is 6.93. The molecule has 3 heterocycles. The van der Waals surface area contributed by atoms with Crippen LogP contribution in [0, 0.1) is 0 Å². The van der Waals surface area contributed by atoms with Crippen molar-refractivity contribution in [2.24, 2.45) is 0 Å². The van der Waals surface area contributed by atoms with Crippen LogP contribution in [0.15, 0.2) is 59.8 Å². The van der Waals surface area contributed by atoms with E-state index in [1.54, 1.807) is 16.9 Å². The molecule has 1 saturated carbocycles. The lowest BCUT2D eigenvalue weighted by atomic mass is 9.85. The number of ether oxygens (including phenoxy) is 1. The topological polar surface area (TPSA) is 97.5 Å². The molecule has 244 valence electrons. The second-order valence-electron chi connectivity index (χ2n) is 12.2. The van der Waals surface area contributed by atoms with Crippen LogP contribution in [0.5, 0.6) is 5.75 Å². The van der Waals surface area contributed by atoms with Gasteiger partial charge in [-0.2, -0.15) is 5.10 Å². The number of hydrogen-bond donors (Lipinski definition) is 1. The van der Waals surface area contributed by atoms with Crippen molar-refractivity contribution in [2.75, 3.05) is 19.7 Å². The molecule has 1 amide bonds. The highest BCUT2D eigenvalue weighted by Crippen LogP contribution is 2.41. The molecule has 1 aliphatic heterocycles. The summed E-state index contributed by atoms with van der Waals surface area (Å²) >= 11 is 0. The number of allylic oxidation sites excluding steroid dienone is 4. The average molecular weight is 625 g/mol.